The Kier molecular flexibility index (Phi) is 10.3. The van der Waals surface area contributed by atoms with Crippen molar-refractivity contribution in [2.75, 3.05) is 12.3 Å². The number of nitrogens with zero attached hydrogens (tertiary/aromatic N) is 4. The van der Waals surface area contributed by atoms with Crippen LogP contribution in [0.4, 0.5) is 5.13 Å². The molecule has 7 N–H and O–H groups in total. The number of thiazole rings is 1. The lowest BCUT2D eigenvalue weighted by molar-refractivity contribution is -0.152. The number of aromatic nitrogens is 1. The highest BCUT2D eigenvalue weighted by Gasteiger charge is 2.51. The van der Waals surface area contributed by atoms with Crippen LogP contribution in [0.25, 0.3) is 0 Å². The number of rotatable bonds is 12. The molecule has 1 aliphatic carbocycles. The molecule has 2 aliphatic rings. The number of β-lactam (4-membered cyclic amide) rings is 1. The van der Waals surface area contributed by atoms with E-state index in [0.29, 0.717) is 17.1 Å². The summed E-state index contributed by atoms with van der Waals surface area (Å²) in [6.45, 7) is 0.733. The molecule has 238 valence electrons. The first-order valence-corrected chi connectivity index (χ1v) is 15.9. The molecule has 0 radical (unpaired) electrons. The fraction of sp³-hybridized carbons (Fsp3) is 0.440. The van der Waals surface area contributed by atoms with Crippen molar-refractivity contribution in [2.45, 2.75) is 63.3 Å². The molecule has 44 heavy (non-hydrogen) atoms. The fourth-order valence-electron chi connectivity index (χ4n) is 4.61. The molecule has 2 fully saturated rings. The number of hydrogen-bond donors (Lipinski definition) is 5. The summed E-state index contributed by atoms with van der Waals surface area (Å²) in [4.78, 5) is 50.9. The molecule has 0 unspecified atom stereocenters. The van der Waals surface area contributed by atoms with Crippen molar-refractivity contribution < 1.29 is 42.0 Å². The van der Waals surface area contributed by atoms with Gasteiger partial charge in [-0.1, -0.05) is 47.4 Å². The number of nitrogen functional groups attached to an aromatic ring is 1. The van der Waals surface area contributed by atoms with Gasteiger partial charge in [0.1, 0.15) is 34.3 Å². The van der Waals surface area contributed by atoms with Crippen LogP contribution in [0.2, 0.25) is 4.34 Å². The van der Waals surface area contributed by atoms with E-state index in [4.69, 9.17) is 32.6 Å². The van der Waals surface area contributed by atoms with Gasteiger partial charge in [0.05, 0.1) is 12.1 Å². The number of amides is 2. The van der Waals surface area contributed by atoms with Crippen molar-refractivity contribution in [3.05, 3.63) is 39.9 Å². The molecular weight excluding hydrogens is 642 g/mol. The van der Waals surface area contributed by atoms with Crippen molar-refractivity contribution in [2.24, 2.45) is 15.9 Å². The average Bonchev–Trinajstić information content (AvgIpc) is 3.30. The summed E-state index contributed by atoms with van der Waals surface area (Å²) < 4.78 is 37.6. The highest BCUT2D eigenvalue weighted by atomic mass is 35.5. The molecule has 1 aliphatic heterocycles. The van der Waals surface area contributed by atoms with Crippen LogP contribution in [0.15, 0.2) is 34.4 Å². The first-order chi connectivity index (χ1) is 20.8. The number of amidine groups is 1. The van der Waals surface area contributed by atoms with Gasteiger partial charge in [-0.25, -0.2) is 14.1 Å². The van der Waals surface area contributed by atoms with Gasteiger partial charge in [0.25, 0.3) is 17.9 Å². The number of nitrogens with two attached hydrogens (primary N) is 2. The number of anilines is 1. The van der Waals surface area contributed by atoms with Gasteiger partial charge in [0.15, 0.2) is 10.8 Å². The summed E-state index contributed by atoms with van der Waals surface area (Å²) in [5.41, 5.74) is 11.6. The van der Waals surface area contributed by atoms with Gasteiger partial charge in [0, 0.05) is 5.56 Å². The lowest BCUT2D eigenvalue weighted by atomic mass is 9.96. The number of carbonyl (C=O) groups excluding carboxylic acids is 2. The zero-order valence-corrected chi connectivity index (χ0v) is 25.6. The fourth-order valence-corrected chi connectivity index (χ4v) is 6.42. The number of carboxylic acid groups (broad SMARTS) is 1. The van der Waals surface area contributed by atoms with Crippen LogP contribution in [-0.4, -0.2) is 87.5 Å². The van der Waals surface area contributed by atoms with Crippen molar-refractivity contribution in [1.29, 1.82) is 0 Å². The Balaban J connectivity index is 1.45. The normalized spacial score (nSPS) is 20.5. The zero-order chi connectivity index (χ0) is 32.2. The standard InChI is InChI=1S/C25H30ClN7O9S2/c1-12-17(23(35)33(12)44(38,39)40)30-22(34)19(18-20(26)43-25(28)31-18)32-42-16(24(36)37)11-41-15-9-7-13(8-10-15)21(27)29-14-5-3-2-4-6-14/h7-10,12,14,16-17H,2-6,11H2,1H3,(H2,27,29)(H2,28,31)(H,30,34)(H,36,37)(H,38,39,40)/b32-19-/t12-,16-,17-/m0/s1. The quantitative estimate of drug-likeness (QED) is 0.0702. The van der Waals surface area contributed by atoms with Crippen molar-refractivity contribution >= 4 is 67.7 Å². The maximum absolute atomic E-state index is 13.1. The number of carboxylic acids is 1. The van der Waals surface area contributed by atoms with Crippen LogP contribution in [0.1, 0.15) is 50.3 Å². The maximum atomic E-state index is 13.1. The molecule has 1 saturated carbocycles. The monoisotopic (exact) mass is 671 g/mol. The van der Waals surface area contributed by atoms with Gasteiger partial charge in [-0.15, -0.1) is 0 Å². The van der Waals surface area contributed by atoms with Crippen LogP contribution in [0.3, 0.4) is 0 Å². The largest absolute Gasteiger partial charge is 0.489 e. The Morgan fingerprint density at radius 1 is 1.25 bits per heavy atom. The predicted octanol–water partition coefficient (Wildman–Crippen LogP) is 1.19. The molecule has 2 aromatic rings. The third-order valence-corrected chi connectivity index (χ3v) is 9.00. The highest BCUT2D eigenvalue weighted by Crippen LogP contribution is 2.28. The molecule has 1 aromatic carbocycles. The first-order valence-electron chi connectivity index (χ1n) is 13.3. The molecule has 3 atom stereocenters. The second kappa shape index (κ2) is 13.7. The highest BCUT2D eigenvalue weighted by molar-refractivity contribution is 7.84. The summed E-state index contributed by atoms with van der Waals surface area (Å²) in [7, 11) is -4.84. The molecule has 4 rings (SSSR count). The number of halogens is 1. The van der Waals surface area contributed by atoms with Crippen LogP contribution in [-0.2, 0) is 29.5 Å². The maximum Gasteiger partial charge on any atom is 0.362 e. The molecule has 1 saturated heterocycles. The molecule has 0 spiro atoms. The van der Waals surface area contributed by atoms with Crippen molar-refractivity contribution in [3.8, 4) is 5.75 Å². The molecule has 16 nitrogen and oxygen atoms in total. The number of ether oxygens (including phenoxy) is 1. The minimum atomic E-state index is -4.84. The number of oxime groups is 1. The van der Waals surface area contributed by atoms with Crippen LogP contribution in [0, 0.1) is 0 Å². The predicted molar refractivity (Wildman–Crippen MR) is 160 cm³/mol. The van der Waals surface area contributed by atoms with Crippen LogP contribution < -0.4 is 21.5 Å². The Bertz CT molecular complexity index is 1570. The van der Waals surface area contributed by atoms with E-state index >= 15 is 0 Å². The van der Waals surface area contributed by atoms with Crippen LogP contribution >= 0.6 is 22.9 Å². The SMILES string of the molecule is C[C@H]1[C@H](NC(=O)/C(=N\O[C@@H](COc2ccc(C(N)=NC3CCCCC3)cc2)C(=O)O)c2nc(N)sc2Cl)C(=O)N1S(=O)(=O)O. The Hall–Kier alpha value is -4.00. The van der Waals surface area contributed by atoms with Gasteiger partial charge in [-0.3, -0.25) is 19.1 Å². The lowest BCUT2D eigenvalue weighted by Crippen LogP contribution is -2.71. The van der Waals surface area contributed by atoms with E-state index in [2.05, 4.69) is 20.4 Å². The van der Waals surface area contributed by atoms with E-state index < -0.39 is 58.6 Å². The molecule has 2 heterocycles. The Morgan fingerprint density at radius 2 is 1.91 bits per heavy atom. The Morgan fingerprint density at radius 3 is 2.45 bits per heavy atom. The molecule has 2 amide bonds. The number of aliphatic imine (C=N–C) groups is 1. The first kappa shape index (κ1) is 32.9. The van der Waals surface area contributed by atoms with E-state index in [9.17, 15) is 32.5 Å². The molecular formula is C25H30ClN7O9S2. The average molecular weight is 672 g/mol. The number of hydrogen-bond acceptors (Lipinski definition) is 12. The van der Waals surface area contributed by atoms with Crippen molar-refractivity contribution in [3.63, 3.8) is 0 Å². The summed E-state index contributed by atoms with van der Waals surface area (Å²) in [5.74, 6) is -3.00. The lowest BCUT2D eigenvalue weighted by Gasteiger charge is -2.42. The number of aliphatic carboxylic acids is 1. The minimum absolute atomic E-state index is 0.0536. The Labute approximate surface area is 260 Å². The van der Waals surface area contributed by atoms with Gasteiger partial charge in [0.2, 0.25) is 0 Å². The van der Waals surface area contributed by atoms with E-state index in [-0.39, 0.29) is 25.5 Å². The van der Waals surface area contributed by atoms with Gasteiger partial charge in [-0.2, -0.15) is 8.42 Å². The molecule has 0 bridgehead atoms. The number of nitrogens with one attached hydrogen (secondary N) is 1. The zero-order valence-electron chi connectivity index (χ0n) is 23.3. The number of carbonyl (C=O) groups is 3. The summed E-state index contributed by atoms with van der Waals surface area (Å²) in [5, 5.41) is 15.5. The van der Waals surface area contributed by atoms with E-state index in [1.807, 2.05) is 0 Å². The third-order valence-electron chi connectivity index (χ3n) is 6.91. The van der Waals surface area contributed by atoms with Gasteiger partial charge in [-0.05, 0) is 44.0 Å². The second-order valence-corrected chi connectivity index (χ2v) is 12.9. The van der Waals surface area contributed by atoms with Crippen LogP contribution in [0.5, 0.6) is 5.75 Å². The van der Waals surface area contributed by atoms with E-state index in [1.54, 1.807) is 24.3 Å². The van der Waals surface area contributed by atoms with Gasteiger partial charge < -0.3 is 31.5 Å². The second-order valence-electron chi connectivity index (χ2n) is 9.99. The minimum Gasteiger partial charge on any atom is -0.489 e. The van der Waals surface area contributed by atoms with E-state index in [0.717, 1.165) is 37.0 Å². The van der Waals surface area contributed by atoms with Gasteiger partial charge >= 0.3 is 16.3 Å². The summed E-state index contributed by atoms with van der Waals surface area (Å²) in [6.07, 6.45) is 3.72. The summed E-state index contributed by atoms with van der Waals surface area (Å²) in [6, 6.07) is 4.24. The van der Waals surface area contributed by atoms with E-state index in [1.165, 1.54) is 13.3 Å². The smallest absolute Gasteiger partial charge is 0.362 e. The molecule has 1 aromatic heterocycles. The van der Waals surface area contributed by atoms with Crippen molar-refractivity contribution in [1.82, 2.24) is 14.6 Å². The summed E-state index contributed by atoms with van der Waals surface area (Å²) >= 11 is 6.92. The molecule has 19 heteroatoms. The topological polar surface area (TPSA) is 249 Å². The third kappa shape index (κ3) is 7.74. The number of benzene rings is 1.